The van der Waals surface area contributed by atoms with Gasteiger partial charge in [-0.3, -0.25) is 14.2 Å². The molecular formula is C26H28ClN3O3. The summed E-state index contributed by atoms with van der Waals surface area (Å²) in [7, 11) is 0. The van der Waals surface area contributed by atoms with Gasteiger partial charge in [0.1, 0.15) is 5.82 Å². The molecule has 0 unspecified atom stereocenters. The minimum absolute atomic E-state index is 0.00223. The fourth-order valence-corrected chi connectivity index (χ4v) is 4.92. The number of carbonyl (C=O) groups excluding carboxylic acids is 1. The van der Waals surface area contributed by atoms with Crippen molar-refractivity contribution in [3.8, 4) is 0 Å². The van der Waals surface area contributed by atoms with Crippen LogP contribution in [-0.4, -0.2) is 35.2 Å². The quantitative estimate of drug-likeness (QED) is 0.568. The predicted octanol–water partition coefficient (Wildman–Crippen LogP) is 4.18. The highest BCUT2D eigenvalue weighted by Crippen LogP contribution is 2.36. The van der Waals surface area contributed by atoms with Crippen molar-refractivity contribution < 1.29 is 9.53 Å². The first-order valence-electron chi connectivity index (χ1n) is 11.7. The first kappa shape index (κ1) is 22.1. The molecule has 6 nitrogen and oxygen atoms in total. The van der Waals surface area contributed by atoms with Crippen LogP contribution in [0.2, 0.25) is 5.02 Å². The van der Waals surface area contributed by atoms with Crippen LogP contribution in [-0.2, 0) is 21.4 Å². The number of nitrogens with zero attached hydrogens (tertiary/aromatic N) is 2. The molecule has 3 aromatic rings. The van der Waals surface area contributed by atoms with E-state index in [9.17, 15) is 9.59 Å². The summed E-state index contributed by atoms with van der Waals surface area (Å²) in [4.78, 5) is 30.6. The first-order valence-corrected chi connectivity index (χ1v) is 12.0. The Hall–Kier alpha value is -2.70. The molecule has 2 heterocycles. The van der Waals surface area contributed by atoms with Gasteiger partial charge in [0.15, 0.2) is 0 Å². The van der Waals surface area contributed by atoms with Gasteiger partial charge in [0.2, 0.25) is 5.91 Å². The van der Waals surface area contributed by atoms with Gasteiger partial charge < -0.3 is 10.1 Å². The lowest BCUT2D eigenvalue weighted by Gasteiger charge is -2.38. The van der Waals surface area contributed by atoms with Crippen LogP contribution in [0.3, 0.4) is 0 Å². The monoisotopic (exact) mass is 465 g/mol. The SMILES string of the molecule is O=C(CCc1nc2ccccc2c(=O)n1C1CC1)NCC1(c2ccc(Cl)cc2)CCOCC1. The van der Waals surface area contributed by atoms with Crippen molar-refractivity contribution in [3.05, 3.63) is 75.3 Å². The second-order valence-electron chi connectivity index (χ2n) is 9.13. The van der Waals surface area contributed by atoms with Crippen LogP contribution >= 0.6 is 11.6 Å². The average Bonchev–Trinajstić information content (AvgIpc) is 3.68. The normalized spacial score (nSPS) is 17.7. The Morgan fingerprint density at radius 1 is 1.12 bits per heavy atom. The molecule has 2 aromatic carbocycles. The third-order valence-electron chi connectivity index (χ3n) is 6.90. The van der Waals surface area contributed by atoms with E-state index in [0.717, 1.165) is 25.7 Å². The first-order chi connectivity index (χ1) is 16.1. The molecular weight excluding hydrogens is 438 g/mol. The highest BCUT2D eigenvalue weighted by Gasteiger charge is 2.35. The topological polar surface area (TPSA) is 73.2 Å². The summed E-state index contributed by atoms with van der Waals surface area (Å²) in [6.07, 6.45) is 4.42. The summed E-state index contributed by atoms with van der Waals surface area (Å²) >= 11 is 6.09. The van der Waals surface area contributed by atoms with Gasteiger partial charge in [-0.1, -0.05) is 35.9 Å². The van der Waals surface area contributed by atoms with E-state index in [4.69, 9.17) is 21.3 Å². The maximum Gasteiger partial charge on any atom is 0.261 e. The van der Waals surface area contributed by atoms with Crippen molar-refractivity contribution in [3.63, 3.8) is 0 Å². The number of para-hydroxylation sites is 1. The highest BCUT2D eigenvalue weighted by molar-refractivity contribution is 6.30. The number of halogens is 1. The third kappa shape index (κ3) is 4.68. The molecule has 7 heteroatoms. The number of ether oxygens (including phenoxy) is 1. The van der Waals surface area contributed by atoms with E-state index >= 15 is 0 Å². The van der Waals surface area contributed by atoms with Crippen molar-refractivity contribution in [1.82, 2.24) is 14.9 Å². The zero-order valence-electron chi connectivity index (χ0n) is 18.6. The standard InChI is InChI=1S/C26H28ClN3O3/c27-19-7-5-18(6-8-19)26(13-15-33-16-14-26)17-28-24(31)12-11-23-29-22-4-2-1-3-21(22)25(32)30(23)20-9-10-20/h1-8,20H,9-17H2,(H,28,31). The number of amides is 1. The summed E-state index contributed by atoms with van der Waals surface area (Å²) in [5, 5.41) is 4.49. The van der Waals surface area contributed by atoms with Gasteiger partial charge in [0, 0.05) is 49.1 Å². The number of hydrogen-bond acceptors (Lipinski definition) is 4. The van der Waals surface area contributed by atoms with Gasteiger partial charge in [0.25, 0.3) is 5.56 Å². The van der Waals surface area contributed by atoms with Crippen LogP contribution in [0.4, 0.5) is 0 Å². The van der Waals surface area contributed by atoms with E-state index in [1.54, 1.807) is 0 Å². The molecule has 1 aliphatic carbocycles. The number of benzene rings is 2. The van der Waals surface area contributed by atoms with E-state index < -0.39 is 0 Å². The minimum atomic E-state index is -0.157. The van der Waals surface area contributed by atoms with Crippen LogP contribution in [0.5, 0.6) is 0 Å². The van der Waals surface area contributed by atoms with Crippen molar-refractivity contribution >= 4 is 28.4 Å². The zero-order chi connectivity index (χ0) is 22.8. The van der Waals surface area contributed by atoms with Crippen molar-refractivity contribution in [2.45, 2.75) is 50.0 Å². The molecule has 1 amide bonds. The van der Waals surface area contributed by atoms with E-state index in [2.05, 4.69) is 5.32 Å². The molecule has 1 N–H and O–H groups in total. The van der Waals surface area contributed by atoms with Crippen LogP contribution in [0.1, 0.15) is 49.5 Å². The Kier molecular flexibility index (Phi) is 6.21. The molecule has 33 heavy (non-hydrogen) atoms. The Labute approximate surface area is 197 Å². The van der Waals surface area contributed by atoms with Gasteiger partial charge in [0.05, 0.1) is 10.9 Å². The molecule has 2 aliphatic rings. The molecule has 1 aliphatic heterocycles. The van der Waals surface area contributed by atoms with Crippen LogP contribution in [0.15, 0.2) is 53.3 Å². The lowest BCUT2D eigenvalue weighted by Crippen LogP contribution is -2.44. The van der Waals surface area contributed by atoms with E-state index in [0.29, 0.717) is 54.4 Å². The zero-order valence-corrected chi connectivity index (χ0v) is 19.3. The maximum atomic E-state index is 13.0. The molecule has 0 atom stereocenters. The second-order valence-corrected chi connectivity index (χ2v) is 9.56. The molecule has 0 radical (unpaired) electrons. The van der Waals surface area contributed by atoms with Crippen molar-refractivity contribution in [2.24, 2.45) is 0 Å². The number of nitrogens with one attached hydrogen (secondary N) is 1. The number of hydrogen-bond donors (Lipinski definition) is 1. The molecule has 172 valence electrons. The number of carbonyl (C=O) groups is 1. The van der Waals surface area contributed by atoms with Gasteiger partial charge in [-0.2, -0.15) is 0 Å². The number of aromatic nitrogens is 2. The van der Waals surface area contributed by atoms with Gasteiger partial charge in [-0.05, 0) is 55.5 Å². The largest absolute Gasteiger partial charge is 0.381 e. The van der Waals surface area contributed by atoms with Gasteiger partial charge >= 0.3 is 0 Å². The molecule has 1 saturated heterocycles. The van der Waals surface area contributed by atoms with Crippen molar-refractivity contribution in [2.75, 3.05) is 19.8 Å². The molecule has 1 saturated carbocycles. The van der Waals surface area contributed by atoms with E-state index in [-0.39, 0.29) is 22.9 Å². The minimum Gasteiger partial charge on any atom is -0.381 e. The molecule has 5 rings (SSSR count). The summed E-state index contributed by atoms with van der Waals surface area (Å²) in [6, 6.07) is 15.5. The Morgan fingerprint density at radius 3 is 2.58 bits per heavy atom. The van der Waals surface area contributed by atoms with E-state index in [1.165, 1.54) is 5.56 Å². The summed E-state index contributed by atoms with van der Waals surface area (Å²) in [6.45, 7) is 1.90. The fourth-order valence-electron chi connectivity index (χ4n) is 4.79. The molecule has 0 bridgehead atoms. The Balaban J connectivity index is 1.29. The number of fused-ring (bicyclic) bond motifs is 1. The van der Waals surface area contributed by atoms with Crippen LogP contribution in [0, 0.1) is 0 Å². The van der Waals surface area contributed by atoms with E-state index in [1.807, 2.05) is 53.1 Å². The maximum absolute atomic E-state index is 13.0. The highest BCUT2D eigenvalue weighted by atomic mass is 35.5. The van der Waals surface area contributed by atoms with Crippen molar-refractivity contribution in [1.29, 1.82) is 0 Å². The lowest BCUT2D eigenvalue weighted by molar-refractivity contribution is -0.121. The Bertz CT molecular complexity index is 1210. The third-order valence-corrected chi connectivity index (χ3v) is 7.15. The predicted molar refractivity (Wildman–Crippen MR) is 129 cm³/mol. The Morgan fingerprint density at radius 2 is 1.85 bits per heavy atom. The number of aryl methyl sites for hydroxylation is 1. The summed E-state index contributed by atoms with van der Waals surface area (Å²) in [5.41, 5.74) is 1.71. The smallest absolute Gasteiger partial charge is 0.261 e. The van der Waals surface area contributed by atoms with Crippen LogP contribution < -0.4 is 10.9 Å². The lowest BCUT2D eigenvalue weighted by atomic mass is 9.74. The second kappa shape index (κ2) is 9.27. The summed E-state index contributed by atoms with van der Waals surface area (Å²) in [5.74, 6) is 0.675. The molecule has 2 fully saturated rings. The number of rotatable bonds is 7. The molecule has 1 aromatic heterocycles. The average molecular weight is 466 g/mol. The summed E-state index contributed by atoms with van der Waals surface area (Å²) < 4.78 is 7.40. The molecule has 0 spiro atoms. The van der Waals surface area contributed by atoms with Crippen LogP contribution in [0.25, 0.3) is 10.9 Å². The fraction of sp³-hybridized carbons (Fsp3) is 0.423. The van der Waals surface area contributed by atoms with Gasteiger partial charge in [-0.15, -0.1) is 0 Å². The van der Waals surface area contributed by atoms with Gasteiger partial charge in [-0.25, -0.2) is 4.98 Å².